The maximum absolute atomic E-state index is 14.0. The first kappa shape index (κ1) is 26.7. The number of hydrogen-bond donors (Lipinski definition) is 2. The van der Waals surface area contributed by atoms with Crippen LogP contribution in [0.5, 0.6) is 0 Å². The molecule has 194 valence electrons. The van der Waals surface area contributed by atoms with Gasteiger partial charge in [-0.1, -0.05) is 19.4 Å². The summed E-state index contributed by atoms with van der Waals surface area (Å²) < 4.78 is 20.2. The van der Waals surface area contributed by atoms with Gasteiger partial charge in [-0.15, -0.1) is 11.3 Å². The molecule has 0 aliphatic heterocycles. The van der Waals surface area contributed by atoms with E-state index in [9.17, 15) is 9.18 Å². The number of hydrogen-bond acceptors (Lipinski definition) is 6. The predicted molar refractivity (Wildman–Crippen MR) is 149 cm³/mol. The molecule has 0 aliphatic carbocycles. The summed E-state index contributed by atoms with van der Waals surface area (Å²) in [5, 5.41) is 7.30. The van der Waals surface area contributed by atoms with Crippen molar-refractivity contribution >= 4 is 33.1 Å². The number of thiophene rings is 1. The molecule has 2 heterocycles. The second kappa shape index (κ2) is 12.3. The van der Waals surface area contributed by atoms with Gasteiger partial charge in [-0.05, 0) is 73.0 Å². The Kier molecular flexibility index (Phi) is 8.84. The van der Waals surface area contributed by atoms with Crippen LogP contribution < -0.4 is 10.6 Å². The molecule has 0 unspecified atom stereocenters. The summed E-state index contributed by atoms with van der Waals surface area (Å²) in [6.45, 7) is 7.76. The molecule has 2 aromatic heterocycles. The molecular formula is C29H33FN4O2S. The molecular weight excluding hydrogens is 487 g/mol. The van der Waals surface area contributed by atoms with Gasteiger partial charge in [-0.25, -0.2) is 14.4 Å². The van der Waals surface area contributed by atoms with Gasteiger partial charge in [0.1, 0.15) is 18.0 Å². The fourth-order valence-electron chi connectivity index (χ4n) is 4.54. The van der Waals surface area contributed by atoms with Crippen molar-refractivity contribution in [1.82, 2.24) is 15.3 Å². The number of aromatic nitrogens is 2. The number of nitrogens with zero attached hydrogens (tertiary/aromatic N) is 2. The van der Waals surface area contributed by atoms with Gasteiger partial charge in [-0.2, -0.15) is 0 Å². The van der Waals surface area contributed by atoms with E-state index in [0.717, 1.165) is 57.6 Å². The molecule has 37 heavy (non-hydrogen) atoms. The van der Waals surface area contributed by atoms with E-state index >= 15 is 0 Å². The Hall–Kier alpha value is -3.36. The lowest BCUT2D eigenvalue weighted by molar-refractivity contribution is 0.0936. The van der Waals surface area contributed by atoms with E-state index in [0.29, 0.717) is 25.3 Å². The van der Waals surface area contributed by atoms with E-state index in [4.69, 9.17) is 4.74 Å². The number of rotatable bonds is 11. The number of carbonyl (C=O) groups is 1. The van der Waals surface area contributed by atoms with E-state index in [1.54, 1.807) is 36.9 Å². The van der Waals surface area contributed by atoms with Crippen LogP contribution in [0.2, 0.25) is 0 Å². The van der Waals surface area contributed by atoms with Crippen molar-refractivity contribution in [2.45, 2.75) is 40.0 Å². The highest BCUT2D eigenvalue weighted by Gasteiger charge is 2.14. The first-order chi connectivity index (χ1) is 17.9. The lowest BCUT2D eigenvalue weighted by atomic mass is 9.98. The normalized spacial score (nSPS) is 11.2. The standard InChI is InChI=1S/C29H33FN4O2S/c1-5-6-20-14-21(7-8-24(20)29(35)32-11-12-36-4)26-16-27(34-17-33-26)31-10-9-23-19(3)37-28-18(2)13-22(30)15-25(23)28/h7-8,13-17H,5-6,9-12H2,1-4H3,(H,32,35)(H,31,33,34). The summed E-state index contributed by atoms with van der Waals surface area (Å²) in [6, 6.07) is 11.0. The summed E-state index contributed by atoms with van der Waals surface area (Å²) in [6.07, 6.45) is 4.04. The first-order valence-corrected chi connectivity index (χ1v) is 13.4. The number of anilines is 1. The van der Waals surface area contributed by atoms with Crippen LogP contribution in [-0.4, -0.2) is 42.7 Å². The average molecular weight is 521 g/mol. The number of nitrogens with one attached hydrogen (secondary N) is 2. The maximum Gasteiger partial charge on any atom is 0.251 e. The molecule has 0 fully saturated rings. The fraction of sp³-hybridized carbons (Fsp3) is 0.345. The van der Waals surface area contributed by atoms with Gasteiger partial charge < -0.3 is 15.4 Å². The average Bonchev–Trinajstić information content (AvgIpc) is 3.20. The van der Waals surface area contributed by atoms with Crippen molar-refractivity contribution < 1.29 is 13.9 Å². The number of ether oxygens (including phenoxy) is 1. The molecule has 0 radical (unpaired) electrons. The van der Waals surface area contributed by atoms with Crippen LogP contribution >= 0.6 is 11.3 Å². The van der Waals surface area contributed by atoms with Gasteiger partial charge in [0.2, 0.25) is 0 Å². The number of carbonyl (C=O) groups excluding carboxylic acids is 1. The lowest BCUT2D eigenvalue weighted by Gasteiger charge is -2.12. The monoisotopic (exact) mass is 520 g/mol. The highest BCUT2D eigenvalue weighted by molar-refractivity contribution is 7.19. The van der Waals surface area contributed by atoms with Gasteiger partial charge in [0.15, 0.2) is 0 Å². The van der Waals surface area contributed by atoms with Gasteiger partial charge in [-0.3, -0.25) is 4.79 Å². The molecule has 4 rings (SSSR count). The molecule has 0 saturated carbocycles. The fourth-order valence-corrected chi connectivity index (χ4v) is 5.70. The molecule has 0 spiro atoms. The number of aryl methyl sites for hydroxylation is 3. The molecule has 0 aliphatic rings. The topological polar surface area (TPSA) is 76.1 Å². The number of amides is 1. The van der Waals surface area contributed by atoms with E-state index in [-0.39, 0.29) is 11.7 Å². The molecule has 4 aromatic rings. The minimum absolute atomic E-state index is 0.0941. The zero-order valence-electron chi connectivity index (χ0n) is 21.8. The number of methoxy groups -OCH3 is 1. The third-order valence-corrected chi connectivity index (χ3v) is 7.65. The zero-order chi connectivity index (χ0) is 26.4. The quantitative estimate of drug-likeness (QED) is 0.234. The lowest BCUT2D eigenvalue weighted by Crippen LogP contribution is -2.27. The summed E-state index contributed by atoms with van der Waals surface area (Å²) in [7, 11) is 1.61. The molecule has 1 amide bonds. The van der Waals surface area contributed by atoms with Crippen LogP contribution in [0.15, 0.2) is 42.7 Å². The van der Waals surface area contributed by atoms with Crippen LogP contribution in [0.25, 0.3) is 21.3 Å². The van der Waals surface area contributed by atoms with Gasteiger partial charge >= 0.3 is 0 Å². The minimum atomic E-state index is -0.196. The SMILES string of the molecule is CCCc1cc(-c2cc(NCCc3c(C)sc4c(C)cc(F)cc34)ncn2)ccc1C(=O)NCCOC. The number of benzene rings is 2. The second-order valence-corrected chi connectivity index (χ2v) is 10.3. The van der Waals surface area contributed by atoms with Crippen LogP contribution in [0.1, 0.15) is 45.3 Å². The van der Waals surface area contributed by atoms with Crippen LogP contribution in [0.4, 0.5) is 10.2 Å². The molecule has 2 N–H and O–H groups in total. The molecule has 0 bridgehead atoms. The third kappa shape index (κ3) is 6.32. The highest BCUT2D eigenvalue weighted by atomic mass is 32.1. The van der Waals surface area contributed by atoms with Crippen LogP contribution in [-0.2, 0) is 17.6 Å². The summed E-state index contributed by atoms with van der Waals surface area (Å²) in [5.74, 6) is 0.435. The van der Waals surface area contributed by atoms with Gasteiger partial charge in [0.05, 0.1) is 12.3 Å². The summed E-state index contributed by atoms with van der Waals surface area (Å²) >= 11 is 1.72. The molecule has 0 saturated heterocycles. The Labute approximate surface area is 221 Å². The summed E-state index contributed by atoms with van der Waals surface area (Å²) in [5.41, 5.74) is 5.55. The van der Waals surface area contributed by atoms with Crippen LogP contribution in [0.3, 0.4) is 0 Å². The maximum atomic E-state index is 14.0. The van der Waals surface area contributed by atoms with E-state index in [1.165, 1.54) is 10.4 Å². The van der Waals surface area contributed by atoms with Crippen molar-refractivity contribution in [2.75, 3.05) is 32.1 Å². The van der Waals surface area contributed by atoms with Crippen molar-refractivity contribution in [3.8, 4) is 11.3 Å². The summed E-state index contributed by atoms with van der Waals surface area (Å²) in [4.78, 5) is 22.7. The van der Waals surface area contributed by atoms with Crippen molar-refractivity contribution in [1.29, 1.82) is 0 Å². The zero-order valence-corrected chi connectivity index (χ0v) is 22.6. The van der Waals surface area contributed by atoms with Gasteiger partial charge in [0, 0.05) is 47.0 Å². The van der Waals surface area contributed by atoms with Crippen LogP contribution in [0, 0.1) is 19.7 Å². The minimum Gasteiger partial charge on any atom is -0.383 e. The second-order valence-electron chi connectivity index (χ2n) is 9.07. The third-order valence-electron chi connectivity index (χ3n) is 6.35. The van der Waals surface area contributed by atoms with E-state index in [2.05, 4.69) is 34.4 Å². The predicted octanol–water partition coefficient (Wildman–Crippen LogP) is 6.10. The van der Waals surface area contributed by atoms with Gasteiger partial charge in [0.25, 0.3) is 5.91 Å². The molecule has 0 atom stereocenters. The molecule has 6 nitrogen and oxygen atoms in total. The molecule has 8 heteroatoms. The largest absolute Gasteiger partial charge is 0.383 e. The van der Waals surface area contributed by atoms with Crippen molar-refractivity contribution in [2.24, 2.45) is 0 Å². The molecule has 2 aromatic carbocycles. The van der Waals surface area contributed by atoms with Crippen molar-refractivity contribution in [3.63, 3.8) is 0 Å². The Morgan fingerprint density at radius 3 is 2.70 bits per heavy atom. The Morgan fingerprint density at radius 2 is 1.92 bits per heavy atom. The smallest absolute Gasteiger partial charge is 0.251 e. The number of fused-ring (bicyclic) bond motifs is 1. The van der Waals surface area contributed by atoms with Crippen molar-refractivity contribution in [3.05, 3.63) is 75.7 Å². The Morgan fingerprint density at radius 1 is 1.08 bits per heavy atom. The number of halogens is 1. The highest BCUT2D eigenvalue weighted by Crippen LogP contribution is 2.34. The Balaban J connectivity index is 1.48. The Bertz CT molecular complexity index is 1400. The van der Waals surface area contributed by atoms with E-state index in [1.807, 2.05) is 31.2 Å². The van der Waals surface area contributed by atoms with E-state index < -0.39 is 0 Å². The first-order valence-electron chi connectivity index (χ1n) is 12.6.